The molecule has 0 spiro atoms. The second kappa shape index (κ2) is 7.45. The van der Waals surface area contributed by atoms with Crippen LogP contribution in [0, 0.1) is 0 Å². The van der Waals surface area contributed by atoms with Gasteiger partial charge < -0.3 is 9.47 Å². The normalized spacial score (nSPS) is 14.5. The van der Waals surface area contributed by atoms with Crippen LogP contribution in [0.5, 0.6) is 11.5 Å². The fourth-order valence-electron chi connectivity index (χ4n) is 3.26. The zero-order valence-corrected chi connectivity index (χ0v) is 15.2. The molecule has 1 aliphatic rings. The van der Waals surface area contributed by atoms with E-state index in [4.69, 9.17) is 21.1 Å². The molecule has 3 rings (SSSR count). The number of rotatable bonds is 6. The maximum atomic E-state index is 6.40. The lowest BCUT2D eigenvalue weighted by Crippen LogP contribution is -2.31. The van der Waals surface area contributed by atoms with E-state index in [1.807, 2.05) is 19.1 Å². The van der Waals surface area contributed by atoms with Crippen molar-refractivity contribution in [2.45, 2.75) is 33.2 Å². The number of ether oxygens (including phenoxy) is 2. The molecule has 0 aliphatic carbocycles. The first-order valence-corrected chi connectivity index (χ1v) is 8.84. The van der Waals surface area contributed by atoms with Crippen molar-refractivity contribution in [2.75, 3.05) is 26.8 Å². The van der Waals surface area contributed by atoms with Crippen LogP contribution in [-0.4, -0.2) is 41.9 Å². The largest absolute Gasteiger partial charge is 0.491 e. The zero-order valence-electron chi connectivity index (χ0n) is 14.5. The molecule has 0 unspecified atom stereocenters. The monoisotopic (exact) mass is 349 g/mol. The average molecular weight is 350 g/mol. The topological polar surface area (TPSA) is 50.4 Å². The Kier molecular flexibility index (Phi) is 5.31. The molecule has 2 heterocycles. The van der Waals surface area contributed by atoms with Crippen molar-refractivity contribution in [3.05, 3.63) is 28.4 Å². The molecule has 0 saturated heterocycles. The molecule has 0 bridgehead atoms. The highest BCUT2D eigenvalue weighted by atomic mass is 35.5. The standard InChI is InChI=1S/C18H24ClN3O2/c1-4-7-22-8-6-15-13(11-22)17(21-20-15)12-9-14(19)18(23-3)16(10-12)24-5-2/h9-10H,4-8,11H2,1-3H3,(H,20,21). The van der Waals surface area contributed by atoms with Gasteiger partial charge in [0.2, 0.25) is 0 Å². The van der Waals surface area contributed by atoms with Gasteiger partial charge >= 0.3 is 0 Å². The number of aromatic amines is 1. The Morgan fingerprint density at radius 1 is 1.33 bits per heavy atom. The van der Waals surface area contributed by atoms with Gasteiger partial charge in [-0.1, -0.05) is 18.5 Å². The number of nitrogens with zero attached hydrogens (tertiary/aromatic N) is 2. The Morgan fingerprint density at radius 2 is 2.17 bits per heavy atom. The fraction of sp³-hybridized carbons (Fsp3) is 0.500. The van der Waals surface area contributed by atoms with Gasteiger partial charge in [0.15, 0.2) is 11.5 Å². The van der Waals surface area contributed by atoms with E-state index < -0.39 is 0 Å². The molecule has 130 valence electrons. The summed E-state index contributed by atoms with van der Waals surface area (Å²) in [6.45, 7) is 7.82. The Labute approximate surface area is 147 Å². The second-order valence-electron chi connectivity index (χ2n) is 5.98. The average Bonchev–Trinajstić information content (AvgIpc) is 2.98. The Morgan fingerprint density at radius 3 is 2.88 bits per heavy atom. The molecule has 0 saturated carbocycles. The molecule has 6 heteroatoms. The van der Waals surface area contributed by atoms with Crippen molar-refractivity contribution in [3.8, 4) is 22.8 Å². The molecule has 1 N–H and O–H groups in total. The van der Waals surface area contributed by atoms with Crippen LogP contribution in [0.15, 0.2) is 12.1 Å². The van der Waals surface area contributed by atoms with Crippen LogP contribution < -0.4 is 9.47 Å². The minimum Gasteiger partial charge on any atom is -0.491 e. The smallest absolute Gasteiger partial charge is 0.179 e. The maximum Gasteiger partial charge on any atom is 0.179 e. The van der Waals surface area contributed by atoms with Gasteiger partial charge in [0, 0.05) is 36.3 Å². The summed E-state index contributed by atoms with van der Waals surface area (Å²) in [6.07, 6.45) is 2.16. The fourth-order valence-corrected chi connectivity index (χ4v) is 3.55. The summed E-state index contributed by atoms with van der Waals surface area (Å²) in [5.74, 6) is 1.22. The van der Waals surface area contributed by atoms with Crippen molar-refractivity contribution in [1.82, 2.24) is 15.1 Å². The van der Waals surface area contributed by atoms with Crippen LogP contribution in [0.1, 0.15) is 31.5 Å². The van der Waals surface area contributed by atoms with Gasteiger partial charge in [-0.2, -0.15) is 5.10 Å². The zero-order chi connectivity index (χ0) is 17.1. The number of fused-ring (bicyclic) bond motifs is 1. The van der Waals surface area contributed by atoms with Crippen molar-refractivity contribution in [2.24, 2.45) is 0 Å². The van der Waals surface area contributed by atoms with E-state index in [9.17, 15) is 0 Å². The van der Waals surface area contributed by atoms with E-state index in [-0.39, 0.29) is 0 Å². The molecular formula is C18H24ClN3O2. The first-order valence-electron chi connectivity index (χ1n) is 8.47. The molecule has 0 radical (unpaired) electrons. The van der Waals surface area contributed by atoms with E-state index in [2.05, 4.69) is 22.0 Å². The van der Waals surface area contributed by atoms with Crippen LogP contribution in [0.4, 0.5) is 0 Å². The van der Waals surface area contributed by atoms with Crippen molar-refractivity contribution < 1.29 is 9.47 Å². The first-order chi connectivity index (χ1) is 11.7. The SMILES string of the molecule is CCCN1CCc2[nH]nc(-c3cc(Cl)c(OC)c(OCC)c3)c2C1. The quantitative estimate of drug-likeness (QED) is 0.859. The Hall–Kier alpha value is -1.72. The lowest BCUT2D eigenvalue weighted by Gasteiger charge is -2.26. The highest BCUT2D eigenvalue weighted by Gasteiger charge is 2.23. The molecule has 1 aliphatic heterocycles. The minimum atomic E-state index is 0.538. The van der Waals surface area contributed by atoms with Crippen LogP contribution in [-0.2, 0) is 13.0 Å². The van der Waals surface area contributed by atoms with Gasteiger partial charge in [0.1, 0.15) is 0 Å². The lowest BCUT2D eigenvalue weighted by molar-refractivity contribution is 0.254. The number of hydrogen-bond donors (Lipinski definition) is 1. The summed E-state index contributed by atoms with van der Waals surface area (Å²) < 4.78 is 11.1. The van der Waals surface area contributed by atoms with Gasteiger partial charge in [0.25, 0.3) is 0 Å². The van der Waals surface area contributed by atoms with E-state index in [1.54, 1.807) is 7.11 Å². The molecule has 0 atom stereocenters. The van der Waals surface area contributed by atoms with E-state index in [0.717, 1.165) is 43.7 Å². The van der Waals surface area contributed by atoms with Gasteiger partial charge in [-0.3, -0.25) is 10.00 Å². The predicted molar refractivity (Wildman–Crippen MR) is 96.0 cm³/mol. The molecule has 0 fully saturated rings. The number of halogens is 1. The molecular weight excluding hydrogens is 326 g/mol. The predicted octanol–water partition coefficient (Wildman–Crippen LogP) is 3.91. The summed E-state index contributed by atoms with van der Waals surface area (Å²) in [6, 6.07) is 3.86. The molecule has 5 nitrogen and oxygen atoms in total. The number of nitrogens with one attached hydrogen (secondary N) is 1. The van der Waals surface area contributed by atoms with Crippen LogP contribution in [0.25, 0.3) is 11.3 Å². The lowest BCUT2D eigenvalue weighted by atomic mass is 10.0. The molecule has 0 amide bonds. The van der Waals surface area contributed by atoms with Crippen molar-refractivity contribution in [3.63, 3.8) is 0 Å². The number of methoxy groups -OCH3 is 1. The van der Waals surface area contributed by atoms with Crippen molar-refractivity contribution in [1.29, 1.82) is 0 Å². The van der Waals surface area contributed by atoms with E-state index >= 15 is 0 Å². The van der Waals surface area contributed by atoms with Crippen molar-refractivity contribution >= 4 is 11.6 Å². The summed E-state index contributed by atoms with van der Waals surface area (Å²) in [7, 11) is 1.60. The van der Waals surface area contributed by atoms with E-state index in [1.165, 1.54) is 11.3 Å². The molecule has 24 heavy (non-hydrogen) atoms. The molecule has 2 aromatic rings. The number of hydrogen-bond acceptors (Lipinski definition) is 4. The summed E-state index contributed by atoms with van der Waals surface area (Å²) in [5.41, 5.74) is 4.40. The number of benzene rings is 1. The maximum absolute atomic E-state index is 6.40. The summed E-state index contributed by atoms with van der Waals surface area (Å²) in [5, 5.41) is 8.29. The third-order valence-corrected chi connectivity index (χ3v) is 4.62. The third-order valence-electron chi connectivity index (χ3n) is 4.34. The van der Waals surface area contributed by atoms with Crippen LogP contribution >= 0.6 is 11.6 Å². The highest BCUT2D eigenvalue weighted by molar-refractivity contribution is 6.32. The Bertz CT molecular complexity index is 715. The van der Waals surface area contributed by atoms with Gasteiger partial charge in [-0.15, -0.1) is 0 Å². The van der Waals surface area contributed by atoms with Gasteiger partial charge in [-0.25, -0.2) is 0 Å². The van der Waals surface area contributed by atoms with E-state index in [0.29, 0.717) is 23.1 Å². The molecule has 1 aromatic heterocycles. The van der Waals surface area contributed by atoms with Crippen LogP contribution in [0.2, 0.25) is 5.02 Å². The number of aromatic nitrogens is 2. The third kappa shape index (κ3) is 3.23. The first kappa shape index (κ1) is 17.1. The number of H-pyrrole nitrogens is 1. The van der Waals surface area contributed by atoms with Gasteiger partial charge in [0.05, 0.1) is 24.4 Å². The Balaban J connectivity index is 2.00. The minimum absolute atomic E-state index is 0.538. The highest BCUT2D eigenvalue weighted by Crippen LogP contribution is 2.40. The van der Waals surface area contributed by atoms with Crippen LogP contribution in [0.3, 0.4) is 0 Å². The molecule has 1 aromatic carbocycles. The second-order valence-corrected chi connectivity index (χ2v) is 6.39. The summed E-state index contributed by atoms with van der Waals surface area (Å²) >= 11 is 6.40. The summed E-state index contributed by atoms with van der Waals surface area (Å²) in [4.78, 5) is 2.47. The van der Waals surface area contributed by atoms with Gasteiger partial charge in [-0.05, 0) is 32.0 Å².